The van der Waals surface area contributed by atoms with E-state index in [1.54, 1.807) is 27.6 Å². The van der Waals surface area contributed by atoms with Gasteiger partial charge < -0.3 is 15.0 Å². The number of carbonyl (C=O) groups is 2. The van der Waals surface area contributed by atoms with Gasteiger partial charge in [0.25, 0.3) is 5.91 Å². The molecule has 1 N–H and O–H groups in total. The van der Waals surface area contributed by atoms with Crippen molar-refractivity contribution < 1.29 is 14.3 Å². The van der Waals surface area contributed by atoms with Gasteiger partial charge in [0.05, 0.1) is 12.1 Å². The molecule has 2 aliphatic heterocycles. The predicted molar refractivity (Wildman–Crippen MR) is 84.4 cm³/mol. The summed E-state index contributed by atoms with van der Waals surface area (Å²) < 4.78 is 7.11. The van der Waals surface area contributed by atoms with E-state index in [1.807, 2.05) is 0 Å². The standard InChI is InChI=1S/C16H19N5O3/c1-11(22)19-16-5-6-24-8-12(16)7-20(9-16)15(23)13-3-2-4-14-17-10-18-21(13)14/h2-4,10,12H,5-9H2,1H3,(H,19,22)/t12-,16+/m0/s1. The molecule has 2 aromatic rings. The van der Waals surface area contributed by atoms with Gasteiger partial charge >= 0.3 is 0 Å². The molecule has 2 fully saturated rings. The summed E-state index contributed by atoms with van der Waals surface area (Å²) in [5.41, 5.74) is 0.718. The van der Waals surface area contributed by atoms with Crippen LogP contribution in [0.15, 0.2) is 24.5 Å². The fourth-order valence-electron chi connectivity index (χ4n) is 3.83. The molecule has 0 unspecified atom stereocenters. The fraction of sp³-hybridized carbons (Fsp3) is 0.500. The largest absolute Gasteiger partial charge is 0.381 e. The second-order valence-electron chi connectivity index (χ2n) is 6.49. The van der Waals surface area contributed by atoms with Crippen LogP contribution in [0.1, 0.15) is 23.8 Å². The summed E-state index contributed by atoms with van der Waals surface area (Å²) in [5.74, 6) is -0.0751. The molecule has 4 heterocycles. The Hall–Kier alpha value is -2.48. The molecule has 2 amide bonds. The number of aromatic nitrogens is 3. The van der Waals surface area contributed by atoms with Gasteiger partial charge in [-0.1, -0.05) is 6.07 Å². The Morgan fingerprint density at radius 2 is 2.29 bits per heavy atom. The average molecular weight is 329 g/mol. The van der Waals surface area contributed by atoms with E-state index in [9.17, 15) is 9.59 Å². The molecule has 2 saturated heterocycles. The highest BCUT2D eigenvalue weighted by Gasteiger charge is 2.50. The summed E-state index contributed by atoms with van der Waals surface area (Å²) in [7, 11) is 0. The van der Waals surface area contributed by atoms with Crippen molar-refractivity contribution in [1.29, 1.82) is 0 Å². The van der Waals surface area contributed by atoms with E-state index < -0.39 is 5.54 Å². The molecule has 8 nitrogen and oxygen atoms in total. The van der Waals surface area contributed by atoms with E-state index in [-0.39, 0.29) is 17.7 Å². The van der Waals surface area contributed by atoms with Crippen molar-refractivity contribution in [3.8, 4) is 0 Å². The van der Waals surface area contributed by atoms with Gasteiger partial charge in [-0.05, 0) is 18.6 Å². The summed E-state index contributed by atoms with van der Waals surface area (Å²) in [4.78, 5) is 30.6. The second kappa shape index (κ2) is 5.55. The minimum atomic E-state index is -0.393. The average Bonchev–Trinajstić information content (AvgIpc) is 3.17. The van der Waals surface area contributed by atoms with Crippen LogP contribution in [-0.2, 0) is 9.53 Å². The number of hydrogen-bond acceptors (Lipinski definition) is 5. The Morgan fingerprint density at radius 3 is 3.12 bits per heavy atom. The first-order valence-electron chi connectivity index (χ1n) is 8.04. The number of pyridine rings is 1. The molecule has 0 saturated carbocycles. The van der Waals surface area contributed by atoms with Crippen molar-refractivity contribution >= 4 is 17.5 Å². The van der Waals surface area contributed by atoms with Crippen LogP contribution in [0.2, 0.25) is 0 Å². The highest BCUT2D eigenvalue weighted by Crippen LogP contribution is 2.35. The Labute approximate surface area is 138 Å². The molecular formula is C16H19N5O3. The fourth-order valence-corrected chi connectivity index (χ4v) is 3.83. The summed E-state index contributed by atoms with van der Waals surface area (Å²) in [6.45, 7) is 3.71. The molecule has 2 aliphatic rings. The molecule has 24 heavy (non-hydrogen) atoms. The molecule has 0 bridgehead atoms. The maximum atomic E-state index is 13.0. The number of amides is 2. The normalized spacial score (nSPS) is 26.4. The lowest BCUT2D eigenvalue weighted by Gasteiger charge is -2.38. The van der Waals surface area contributed by atoms with Gasteiger partial charge in [-0.25, -0.2) is 9.50 Å². The minimum Gasteiger partial charge on any atom is -0.381 e. The third-order valence-electron chi connectivity index (χ3n) is 4.94. The first-order chi connectivity index (χ1) is 11.6. The first kappa shape index (κ1) is 15.1. The smallest absolute Gasteiger partial charge is 0.272 e. The third-order valence-corrected chi connectivity index (χ3v) is 4.94. The lowest BCUT2D eigenvalue weighted by atomic mass is 9.83. The highest BCUT2D eigenvalue weighted by atomic mass is 16.5. The number of likely N-dealkylation sites (tertiary alicyclic amines) is 1. The molecule has 0 aliphatic carbocycles. The van der Waals surface area contributed by atoms with Crippen molar-refractivity contribution in [1.82, 2.24) is 24.8 Å². The number of rotatable bonds is 2. The van der Waals surface area contributed by atoms with Gasteiger partial charge in [0.15, 0.2) is 5.65 Å². The number of ether oxygens (including phenoxy) is 1. The zero-order chi connectivity index (χ0) is 16.7. The van der Waals surface area contributed by atoms with Crippen LogP contribution in [0.25, 0.3) is 5.65 Å². The summed E-state index contributed by atoms with van der Waals surface area (Å²) in [5, 5.41) is 7.21. The van der Waals surface area contributed by atoms with Gasteiger partial charge in [0, 0.05) is 32.5 Å². The number of fused-ring (bicyclic) bond motifs is 2. The highest BCUT2D eigenvalue weighted by molar-refractivity contribution is 5.93. The van der Waals surface area contributed by atoms with Crippen molar-refractivity contribution in [2.24, 2.45) is 5.92 Å². The lowest BCUT2D eigenvalue weighted by Crippen LogP contribution is -2.57. The van der Waals surface area contributed by atoms with Crippen LogP contribution in [0.4, 0.5) is 0 Å². The van der Waals surface area contributed by atoms with Crippen LogP contribution in [-0.4, -0.2) is 63.2 Å². The lowest BCUT2D eigenvalue weighted by molar-refractivity contribution is -0.122. The third kappa shape index (κ3) is 2.34. The number of nitrogens with zero attached hydrogens (tertiary/aromatic N) is 4. The number of carbonyl (C=O) groups excluding carboxylic acids is 2. The van der Waals surface area contributed by atoms with E-state index in [1.165, 1.54) is 13.3 Å². The van der Waals surface area contributed by atoms with Gasteiger partial charge in [0.1, 0.15) is 12.0 Å². The van der Waals surface area contributed by atoms with Crippen LogP contribution in [0.5, 0.6) is 0 Å². The van der Waals surface area contributed by atoms with Crippen molar-refractivity contribution in [2.75, 3.05) is 26.3 Å². The van der Waals surface area contributed by atoms with E-state index in [2.05, 4.69) is 15.4 Å². The molecule has 8 heteroatoms. The molecule has 126 valence electrons. The Morgan fingerprint density at radius 1 is 1.42 bits per heavy atom. The molecular weight excluding hydrogens is 310 g/mol. The summed E-state index contributed by atoms with van der Waals surface area (Å²) >= 11 is 0. The first-order valence-corrected chi connectivity index (χ1v) is 8.04. The molecule has 0 radical (unpaired) electrons. The van der Waals surface area contributed by atoms with Crippen molar-refractivity contribution in [3.63, 3.8) is 0 Å². The van der Waals surface area contributed by atoms with Crippen LogP contribution < -0.4 is 5.32 Å². The van der Waals surface area contributed by atoms with Crippen LogP contribution >= 0.6 is 0 Å². The molecule has 4 rings (SSSR count). The zero-order valence-corrected chi connectivity index (χ0v) is 13.4. The molecule has 2 aromatic heterocycles. The quantitative estimate of drug-likeness (QED) is 0.844. The van der Waals surface area contributed by atoms with E-state index in [0.29, 0.717) is 44.1 Å². The summed E-state index contributed by atoms with van der Waals surface area (Å²) in [6, 6.07) is 5.35. The molecule has 0 spiro atoms. The SMILES string of the molecule is CC(=O)N[C@@]12CCOC[C@@H]1CN(C(=O)c1cccc3ncnn13)C2. The van der Waals surface area contributed by atoms with Crippen LogP contribution in [0.3, 0.4) is 0 Å². The van der Waals surface area contributed by atoms with Gasteiger partial charge in [-0.3, -0.25) is 9.59 Å². The van der Waals surface area contributed by atoms with E-state index in [4.69, 9.17) is 4.74 Å². The second-order valence-corrected chi connectivity index (χ2v) is 6.49. The molecule has 0 aromatic carbocycles. The van der Waals surface area contributed by atoms with Gasteiger partial charge in [-0.2, -0.15) is 5.10 Å². The Kier molecular flexibility index (Phi) is 3.49. The van der Waals surface area contributed by atoms with E-state index >= 15 is 0 Å². The zero-order valence-electron chi connectivity index (χ0n) is 13.4. The van der Waals surface area contributed by atoms with Crippen molar-refractivity contribution in [2.45, 2.75) is 18.9 Å². The maximum Gasteiger partial charge on any atom is 0.272 e. The minimum absolute atomic E-state index is 0.0745. The number of nitrogens with one attached hydrogen (secondary N) is 1. The topological polar surface area (TPSA) is 88.8 Å². The molecule has 2 atom stereocenters. The Balaban J connectivity index is 1.64. The van der Waals surface area contributed by atoms with Crippen molar-refractivity contribution in [3.05, 3.63) is 30.2 Å². The predicted octanol–water partition coefficient (Wildman–Crippen LogP) is 0.0965. The number of hydrogen-bond donors (Lipinski definition) is 1. The summed E-state index contributed by atoms with van der Waals surface area (Å²) in [6.07, 6.45) is 2.15. The van der Waals surface area contributed by atoms with Gasteiger partial charge in [-0.15, -0.1) is 0 Å². The monoisotopic (exact) mass is 329 g/mol. The van der Waals surface area contributed by atoms with Gasteiger partial charge in [0.2, 0.25) is 5.91 Å². The van der Waals surface area contributed by atoms with Crippen LogP contribution in [0, 0.1) is 5.92 Å². The maximum absolute atomic E-state index is 13.0. The Bertz CT molecular complexity index is 804. The van der Waals surface area contributed by atoms with E-state index in [0.717, 1.165) is 0 Å².